The number of sulfonamides is 1. The first-order chi connectivity index (χ1) is 14.7. The van der Waals surface area contributed by atoms with E-state index in [4.69, 9.17) is 0 Å². The molecular formula is C23H29N3O4S. The summed E-state index contributed by atoms with van der Waals surface area (Å²) in [4.78, 5) is 14.8. The number of fused-ring (bicyclic) bond motifs is 4. The third kappa shape index (κ3) is 4.02. The zero-order valence-corrected chi connectivity index (χ0v) is 18.7. The smallest absolute Gasteiger partial charge is 0.328 e. The number of aromatic hydroxyl groups is 1. The molecule has 2 bridgehead atoms. The molecule has 1 saturated heterocycles. The Labute approximate surface area is 183 Å². The Hall–Kier alpha value is -2.58. The van der Waals surface area contributed by atoms with Gasteiger partial charge in [0.15, 0.2) is 0 Å². The highest BCUT2D eigenvalue weighted by atomic mass is 32.2. The van der Waals surface area contributed by atoms with Gasteiger partial charge in [-0.1, -0.05) is 31.2 Å². The number of phenolic OH excluding ortho intramolecular Hbond substituents is 1. The molecule has 4 rings (SSSR count). The van der Waals surface area contributed by atoms with Crippen LogP contribution >= 0.6 is 0 Å². The Balaban J connectivity index is 1.48. The first kappa shape index (κ1) is 21.6. The van der Waals surface area contributed by atoms with E-state index in [1.165, 1.54) is 17.7 Å². The monoisotopic (exact) mass is 443 g/mol. The molecule has 1 fully saturated rings. The van der Waals surface area contributed by atoms with Gasteiger partial charge in [0.25, 0.3) is 10.0 Å². The van der Waals surface area contributed by atoms with E-state index in [2.05, 4.69) is 28.9 Å². The zero-order valence-electron chi connectivity index (χ0n) is 17.8. The summed E-state index contributed by atoms with van der Waals surface area (Å²) in [5.74, 6) is 0.598. The molecule has 2 amide bonds. The summed E-state index contributed by atoms with van der Waals surface area (Å²) in [6, 6.07) is 13.1. The van der Waals surface area contributed by atoms with Gasteiger partial charge < -0.3 is 15.3 Å². The largest absolute Gasteiger partial charge is 0.508 e. The fourth-order valence-electron chi connectivity index (χ4n) is 5.37. The third-order valence-electron chi connectivity index (χ3n) is 7.12. The van der Waals surface area contributed by atoms with Gasteiger partial charge in [0.05, 0.1) is 4.90 Å². The van der Waals surface area contributed by atoms with Crippen LogP contribution in [-0.4, -0.2) is 50.6 Å². The van der Waals surface area contributed by atoms with Crippen molar-refractivity contribution in [1.82, 2.24) is 14.9 Å². The number of nitrogens with one attached hydrogen (secondary N) is 2. The van der Waals surface area contributed by atoms with Gasteiger partial charge >= 0.3 is 6.03 Å². The number of carbonyl (C=O) groups excluding carboxylic acids is 1. The van der Waals surface area contributed by atoms with Gasteiger partial charge in [0, 0.05) is 18.0 Å². The molecule has 166 valence electrons. The number of piperidine rings is 1. The lowest BCUT2D eigenvalue weighted by Crippen LogP contribution is -2.58. The van der Waals surface area contributed by atoms with Crippen molar-refractivity contribution in [2.45, 2.75) is 42.5 Å². The van der Waals surface area contributed by atoms with E-state index >= 15 is 0 Å². The molecule has 8 heteroatoms. The number of amides is 2. The van der Waals surface area contributed by atoms with Crippen molar-refractivity contribution in [1.29, 1.82) is 0 Å². The van der Waals surface area contributed by atoms with Gasteiger partial charge in [-0.2, -0.15) is 0 Å². The van der Waals surface area contributed by atoms with Crippen LogP contribution in [0.5, 0.6) is 5.75 Å². The summed E-state index contributed by atoms with van der Waals surface area (Å²) in [6.45, 7) is 3.53. The van der Waals surface area contributed by atoms with Gasteiger partial charge in [0.1, 0.15) is 5.75 Å². The van der Waals surface area contributed by atoms with Crippen molar-refractivity contribution >= 4 is 16.1 Å². The number of carbonyl (C=O) groups is 1. The highest BCUT2D eigenvalue weighted by Crippen LogP contribution is 2.51. The first-order valence-electron chi connectivity index (χ1n) is 10.6. The SMILES string of the molecule is C[C@H]1[C@H]2Cc3ccc(O)cc3[C@]1(CCNC(=O)NS(=O)(=O)c1ccccc1)CCN2C. The lowest BCUT2D eigenvalue weighted by atomic mass is 9.56. The second kappa shape index (κ2) is 8.16. The molecule has 3 atom stereocenters. The van der Waals surface area contributed by atoms with Gasteiger partial charge in [-0.25, -0.2) is 17.9 Å². The van der Waals surface area contributed by atoms with Crippen molar-refractivity contribution in [3.63, 3.8) is 0 Å². The summed E-state index contributed by atoms with van der Waals surface area (Å²) >= 11 is 0. The Morgan fingerprint density at radius 3 is 2.71 bits per heavy atom. The van der Waals surface area contributed by atoms with Crippen molar-refractivity contribution in [3.8, 4) is 5.75 Å². The Kier molecular flexibility index (Phi) is 5.70. The lowest BCUT2D eigenvalue weighted by Gasteiger charge is -2.55. The average Bonchev–Trinajstić information content (AvgIpc) is 2.73. The quantitative estimate of drug-likeness (QED) is 0.660. The van der Waals surface area contributed by atoms with Crippen LogP contribution in [0.1, 0.15) is 30.9 Å². The average molecular weight is 444 g/mol. The zero-order chi connectivity index (χ0) is 22.2. The molecule has 3 N–H and O–H groups in total. The number of likely N-dealkylation sites (N-methyl/N-ethyl adjacent to an activating group) is 1. The molecule has 1 heterocycles. The fourth-order valence-corrected chi connectivity index (χ4v) is 6.32. The predicted molar refractivity (Wildman–Crippen MR) is 118 cm³/mol. The normalized spacial score (nSPS) is 25.5. The summed E-state index contributed by atoms with van der Waals surface area (Å²) in [5.41, 5.74) is 2.22. The van der Waals surface area contributed by atoms with Crippen LogP contribution in [-0.2, 0) is 21.9 Å². The molecule has 2 aromatic rings. The number of hydrogen-bond acceptors (Lipinski definition) is 5. The molecule has 1 aliphatic carbocycles. The molecule has 0 spiro atoms. The second-order valence-corrected chi connectivity index (χ2v) is 10.4. The molecule has 0 unspecified atom stereocenters. The number of hydrogen-bond donors (Lipinski definition) is 3. The predicted octanol–water partition coefficient (Wildman–Crippen LogP) is 2.60. The first-order valence-corrected chi connectivity index (χ1v) is 12.1. The molecule has 7 nitrogen and oxygen atoms in total. The number of urea groups is 1. The minimum absolute atomic E-state index is 0.0483. The number of rotatable bonds is 5. The highest BCUT2D eigenvalue weighted by Gasteiger charge is 2.50. The van der Waals surface area contributed by atoms with Crippen molar-refractivity contribution in [3.05, 3.63) is 59.7 Å². The Morgan fingerprint density at radius 2 is 1.97 bits per heavy atom. The molecule has 1 aliphatic heterocycles. The Bertz CT molecular complexity index is 1070. The third-order valence-corrected chi connectivity index (χ3v) is 8.47. The van der Waals surface area contributed by atoms with Crippen molar-refractivity contribution in [2.24, 2.45) is 5.92 Å². The maximum absolute atomic E-state index is 12.4. The summed E-state index contributed by atoms with van der Waals surface area (Å²) in [6.07, 6.45) is 2.54. The van der Waals surface area contributed by atoms with Crippen molar-refractivity contribution in [2.75, 3.05) is 20.1 Å². The van der Waals surface area contributed by atoms with E-state index in [-0.39, 0.29) is 16.1 Å². The number of benzene rings is 2. The summed E-state index contributed by atoms with van der Waals surface area (Å²) in [7, 11) is -1.76. The highest BCUT2D eigenvalue weighted by molar-refractivity contribution is 7.90. The molecule has 0 radical (unpaired) electrons. The van der Waals surface area contributed by atoms with Crippen molar-refractivity contribution < 1.29 is 18.3 Å². The fraction of sp³-hybridized carbons (Fsp3) is 0.435. The number of nitrogens with zero attached hydrogens (tertiary/aromatic N) is 1. The van der Waals surface area contributed by atoms with Crippen LogP contribution in [0, 0.1) is 5.92 Å². The molecule has 0 aromatic heterocycles. The lowest BCUT2D eigenvalue weighted by molar-refractivity contribution is 0.0363. The second-order valence-electron chi connectivity index (χ2n) is 8.71. The van der Waals surface area contributed by atoms with E-state index in [0.29, 0.717) is 24.9 Å². The van der Waals surface area contributed by atoms with Crippen LogP contribution in [0.4, 0.5) is 4.79 Å². The minimum Gasteiger partial charge on any atom is -0.508 e. The molecule has 2 aromatic carbocycles. The maximum atomic E-state index is 12.4. The standard InChI is InChI=1S/C23H29N3O4S/c1-16-21-14-17-8-9-18(27)15-20(17)23(16,11-13-26(21)2)10-12-24-22(28)25-31(29,30)19-6-4-3-5-7-19/h3-9,15-16,21,27H,10-14H2,1-2H3,(H2,24,25,28)/t16-,21+,23+/m0/s1. The van der Waals surface area contributed by atoms with E-state index in [1.807, 2.05) is 12.1 Å². The van der Waals surface area contributed by atoms with Crippen LogP contribution in [0.25, 0.3) is 0 Å². The van der Waals surface area contributed by atoms with E-state index in [0.717, 1.165) is 24.9 Å². The van der Waals surface area contributed by atoms with Crippen LogP contribution in [0.15, 0.2) is 53.4 Å². The molecule has 31 heavy (non-hydrogen) atoms. The van der Waals surface area contributed by atoms with E-state index in [9.17, 15) is 18.3 Å². The van der Waals surface area contributed by atoms with E-state index in [1.54, 1.807) is 24.3 Å². The number of phenols is 1. The number of likely N-dealkylation sites (tertiary alicyclic amines) is 1. The van der Waals surface area contributed by atoms with Gasteiger partial charge in [-0.3, -0.25) is 0 Å². The van der Waals surface area contributed by atoms with Gasteiger partial charge in [0.2, 0.25) is 0 Å². The van der Waals surface area contributed by atoms with E-state index < -0.39 is 16.1 Å². The molecular weight excluding hydrogens is 414 g/mol. The van der Waals surface area contributed by atoms with Crippen LogP contribution in [0.3, 0.4) is 0 Å². The molecule has 0 saturated carbocycles. The molecule has 2 aliphatic rings. The summed E-state index contributed by atoms with van der Waals surface area (Å²) < 4.78 is 26.8. The topological polar surface area (TPSA) is 98.7 Å². The van der Waals surface area contributed by atoms with Crippen LogP contribution in [0.2, 0.25) is 0 Å². The minimum atomic E-state index is -3.91. The van der Waals surface area contributed by atoms with Gasteiger partial charge in [-0.15, -0.1) is 0 Å². The maximum Gasteiger partial charge on any atom is 0.328 e. The van der Waals surface area contributed by atoms with Gasteiger partial charge in [-0.05, 0) is 74.2 Å². The Morgan fingerprint density at radius 1 is 1.23 bits per heavy atom. The van der Waals surface area contributed by atoms with Crippen LogP contribution < -0.4 is 10.0 Å². The summed E-state index contributed by atoms with van der Waals surface area (Å²) in [5, 5.41) is 12.9.